The molecule has 2 aromatic carbocycles. The lowest BCUT2D eigenvalue weighted by Crippen LogP contribution is -1.91. The Bertz CT molecular complexity index is 964. The molecular formula is C19H17N3O2. The number of ether oxygens (including phenoxy) is 2. The number of nitrogens with zero attached hydrogens (tertiary/aromatic N) is 2. The molecule has 0 amide bonds. The number of allylic oxidation sites excluding steroid dienone is 1. The molecule has 0 saturated carbocycles. The summed E-state index contributed by atoms with van der Waals surface area (Å²) in [6.45, 7) is 2.02. The summed E-state index contributed by atoms with van der Waals surface area (Å²) in [6.07, 6.45) is 1.74. The van der Waals surface area contributed by atoms with Crippen molar-refractivity contribution < 1.29 is 9.47 Å². The molecule has 120 valence electrons. The van der Waals surface area contributed by atoms with Crippen molar-refractivity contribution in [3.8, 4) is 17.6 Å². The van der Waals surface area contributed by atoms with Gasteiger partial charge in [-0.1, -0.05) is 6.07 Å². The fraction of sp³-hybridized carbons (Fsp3) is 0.158. The predicted octanol–water partition coefficient (Wildman–Crippen LogP) is 3.95. The monoisotopic (exact) mass is 319 g/mol. The zero-order chi connectivity index (χ0) is 17.1. The van der Waals surface area contributed by atoms with E-state index < -0.39 is 0 Å². The summed E-state index contributed by atoms with van der Waals surface area (Å²) >= 11 is 0. The van der Waals surface area contributed by atoms with Crippen molar-refractivity contribution in [1.29, 1.82) is 5.26 Å². The van der Waals surface area contributed by atoms with E-state index in [4.69, 9.17) is 9.47 Å². The fourth-order valence-electron chi connectivity index (χ4n) is 2.51. The first-order valence-corrected chi connectivity index (χ1v) is 7.45. The van der Waals surface area contributed by atoms with Gasteiger partial charge in [-0.3, -0.25) is 0 Å². The average Bonchev–Trinajstić information content (AvgIpc) is 3.02. The molecule has 0 bridgehead atoms. The first-order chi connectivity index (χ1) is 11.6. The number of nitriles is 1. The molecule has 3 aromatic rings. The van der Waals surface area contributed by atoms with E-state index in [2.05, 4.69) is 16.0 Å². The van der Waals surface area contributed by atoms with Crippen LogP contribution in [0.15, 0.2) is 36.4 Å². The van der Waals surface area contributed by atoms with Crippen molar-refractivity contribution in [3.05, 3.63) is 53.3 Å². The third-order valence-electron chi connectivity index (χ3n) is 3.75. The van der Waals surface area contributed by atoms with E-state index in [1.165, 1.54) is 0 Å². The lowest BCUT2D eigenvalue weighted by molar-refractivity contribution is 0.402. The number of aryl methyl sites for hydroxylation is 1. The first kappa shape index (κ1) is 15.6. The zero-order valence-corrected chi connectivity index (χ0v) is 13.8. The normalized spacial score (nSPS) is 11.3. The van der Waals surface area contributed by atoms with Crippen molar-refractivity contribution >= 4 is 22.7 Å². The molecule has 0 aliphatic rings. The van der Waals surface area contributed by atoms with E-state index in [0.717, 1.165) is 22.2 Å². The molecule has 24 heavy (non-hydrogen) atoms. The van der Waals surface area contributed by atoms with E-state index >= 15 is 0 Å². The van der Waals surface area contributed by atoms with Crippen LogP contribution in [0.25, 0.3) is 22.7 Å². The number of rotatable bonds is 4. The number of H-pyrrole nitrogens is 1. The summed E-state index contributed by atoms with van der Waals surface area (Å²) in [5, 5.41) is 9.56. The van der Waals surface area contributed by atoms with Crippen molar-refractivity contribution in [2.75, 3.05) is 14.2 Å². The Morgan fingerprint density at radius 3 is 2.71 bits per heavy atom. The molecule has 3 rings (SSSR count). The molecule has 0 spiro atoms. The standard InChI is InChI=1S/C19H17N3O2/c1-12-4-6-16-17(8-12)22-19(21-16)14(11-20)9-13-10-15(23-2)5-7-18(13)24-3/h4-10H,1-3H3,(H,21,22). The van der Waals surface area contributed by atoms with Gasteiger partial charge in [0, 0.05) is 5.56 Å². The highest BCUT2D eigenvalue weighted by Gasteiger charge is 2.10. The van der Waals surface area contributed by atoms with Crippen LogP contribution in [-0.2, 0) is 0 Å². The molecule has 0 atom stereocenters. The number of aromatic nitrogens is 2. The van der Waals surface area contributed by atoms with E-state index in [9.17, 15) is 5.26 Å². The largest absolute Gasteiger partial charge is 0.497 e. The van der Waals surface area contributed by atoms with Crippen LogP contribution in [0.3, 0.4) is 0 Å². The number of hydrogen-bond donors (Lipinski definition) is 1. The van der Waals surface area contributed by atoms with Gasteiger partial charge in [-0.05, 0) is 48.9 Å². The predicted molar refractivity (Wildman–Crippen MR) is 93.9 cm³/mol. The molecule has 1 N–H and O–H groups in total. The van der Waals surface area contributed by atoms with Gasteiger partial charge in [0.15, 0.2) is 0 Å². The number of nitrogens with one attached hydrogen (secondary N) is 1. The van der Waals surface area contributed by atoms with Crippen LogP contribution < -0.4 is 9.47 Å². The number of imidazole rings is 1. The third kappa shape index (κ3) is 2.95. The zero-order valence-electron chi connectivity index (χ0n) is 13.8. The van der Waals surface area contributed by atoms with Gasteiger partial charge < -0.3 is 14.5 Å². The number of hydrogen-bond acceptors (Lipinski definition) is 4. The van der Waals surface area contributed by atoms with Gasteiger partial charge in [-0.25, -0.2) is 4.98 Å². The summed E-state index contributed by atoms with van der Waals surface area (Å²) in [5.74, 6) is 1.89. The summed E-state index contributed by atoms with van der Waals surface area (Å²) in [4.78, 5) is 7.70. The Morgan fingerprint density at radius 1 is 1.17 bits per heavy atom. The highest BCUT2D eigenvalue weighted by molar-refractivity contribution is 5.91. The van der Waals surface area contributed by atoms with Crippen LogP contribution in [-0.4, -0.2) is 24.2 Å². The molecule has 0 radical (unpaired) electrons. The van der Waals surface area contributed by atoms with Gasteiger partial charge in [-0.15, -0.1) is 0 Å². The number of benzene rings is 2. The van der Waals surface area contributed by atoms with E-state index in [-0.39, 0.29) is 0 Å². The SMILES string of the molecule is COc1ccc(OC)c(C=C(C#N)c2nc3ccc(C)cc3[nH]2)c1. The number of methoxy groups -OCH3 is 2. The topological polar surface area (TPSA) is 70.9 Å². The molecule has 0 aliphatic carbocycles. The Kier molecular flexibility index (Phi) is 4.21. The first-order valence-electron chi connectivity index (χ1n) is 7.45. The van der Waals surface area contributed by atoms with Crippen molar-refractivity contribution in [1.82, 2.24) is 9.97 Å². The number of aromatic amines is 1. The Labute approximate surface area is 140 Å². The van der Waals surface area contributed by atoms with Gasteiger partial charge in [0.05, 0.1) is 30.8 Å². The summed E-state index contributed by atoms with van der Waals surface area (Å²) in [6, 6.07) is 13.6. The molecular weight excluding hydrogens is 302 g/mol. The fourth-order valence-corrected chi connectivity index (χ4v) is 2.51. The average molecular weight is 319 g/mol. The highest BCUT2D eigenvalue weighted by Crippen LogP contribution is 2.28. The number of fused-ring (bicyclic) bond motifs is 1. The maximum absolute atomic E-state index is 9.56. The van der Waals surface area contributed by atoms with E-state index in [1.54, 1.807) is 20.3 Å². The summed E-state index contributed by atoms with van der Waals surface area (Å²) in [7, 11) is 3.19. The van der Waals surface area contributed by atoms with E-state index in [1.807, 2.05) is 43.3 Å². The van der Waals surface area contributed by atoms with Gasteiger partial charge in [0.1, 0.15) is 23.4 Å². The smallest absolute Gasteiger partial charge is 0.149 e. The molecule has 5 nitrogen and oxygen atoms in total. The van der Waals surface area contributed by atoms with Crippen molar-refractivity contribution in [2.24, 2.45) is 0 Å². The molecule has 0 aliphatic heterocycles. The van der Waals surface area contributed by atoms with Crippen LogP contribution in [0, 0.1) is 18.3 Å². The van der Waals surface area contributed by atoms with Crippen LogP contribution in [0.2, 0.25) is 0 Å². The quantitative estimate of drug-likeness (QED) is 0.739. The van der Waals surface area contributed by atoms with Crippen molar-refractivity contribution in [2.45, 2.75) is 6.92 Å². The van der Waals surface area contributed by atoms with Gasteiger partial charge >= 0.3 is 0 Å². The van der Waals surface area contributed by atoms with Crippen LogP contribution in [0.1, 0.15) is 17.0 Å². The highest BCUT2D eigenvalue weighted by atomic mass is 16.5. The lowest BCUT2D eigenvalue weighted by Gasteiger charge is -2.07. The molecule has 1 aromatic heterocycles. The van der Waals surface area contributed by atoms with Crippen LogP contribution in [0.5, 0.6) is 11.5 Å². The second kappa shape index (κ2) is 6.47. The molecule has 0 fully saturated rings. The third-order valence-corrected chi connectivity index (χ3v) is 3.75. The second-order valence-corrected chi connectivity index (χ2v) is 5.38. The minimum absolute atomic E-state index is 0.426. The minimum Gasteiger partial charge on any atom is -0.497 e. The lowest BCUT2D eigenvalue weighted by atomic mass is 10.1. The van der Waals surface area contributed by atoms with Crippen LogP contribution in [0.4, 0.5) is 0 Å². The minimum atomic E-state index is 0.426. The van der Waals surface area contributed by atoms with Crippen molar-refractivity contribution in [3.63, 3.8) is 0 Å². The molecule has 5 heteroatoms. The van der Waals surface area contributed by atoms with Gasteiger partial charge in [0.25, 0.3) is 0 Å². The Hall–Kier alpha value is -3.26. The van der Waals surface area contributed by atoms with Gasteiger partial charge in [-0.2, -0.15) is 5.26 Å². The summed E-state index contributed by atoms with van der Waals surface area (Å²) in [5.41, 5.74) is 4.05. The maximum atomic E-state index is 9.56. The summed E-state index contributed by atoms with van der Waals surface area (Å²) < 4.78 is 10.6. The maximum Gasteiger partial charge on any atom is 0.149 e. The van der Waals surface area contributed by atoms with E-state index in [0.29, 0.717) is 22.9 Å². The molecule has 1 heterocycles. The second-order valence-electron chi connectivity index (χ2n) is 5.38. The van der Waals surface area contributed by atoms with Gasteiger partial charge in [0.2, 0.25) is 0 Å². The Balaban J connectivity index is 2.10. The van der Waals surface area contributed by atoms with Crippen LogP contribution >= 0.6 is 0 Å². The molecule has 0 unspecified atom stereocenters. The molecule has 0 saturated heterocycles. The Morgan fingerprint density at radius 2 is 2.00 bits per heavy atom.